The molecule has 2 N–H and O–H groups in total. The van der Waals surface area contributed by atoms with Crippen LogP contribution < -0.4 is 5.73 Å². The molecule has 1 aromatic carbocycles. The van der Waals surface area contributed by atoms with Crippen molar-refractivity contribution in [2.45, 2.75) is 28.8 Å². The van der Waals surface area contributed by atoms with Gasteiger partial charge in [0.25, 0.3) is 5.92 Å². The van der Waals surface area contributed by atoms with Gasteiger partial charge in [0.15, 0.2) is 5.65 Å². The quantitative estimate of drug-likeness (QED) is 0.391. The Morgan fingerprint density at radius 1 is 1.09 bits per heavy atom. The molecule has 4 heterocycles. The number of fused-ring (bicyclic) bond motifs is 3. The highest BCUT2D eigenvalue weighted by molar-refractivity contribution is 7.91. The third kappa shape index (κ3) is 3.30. The summed E-state index contributed by atoms with van der Waals surface area (Å²) in [6, 6.07) is 9.44. The van der Waals surface area contributed by atoms with E-state index in [1.807, 2.05) is 22.9 Å². The fourth-order valence-corrected chi connectivity index (χ4v) is 6.24. The van der Waals surface area contributed by atoms with Gasteiger partial charge in [0.05, 0.1) is 26.8 Å². The van der Waals surface area contributed by atoms with Crippen molar-refractivity contribution in [1.29, 1.82) is 0 Å². The van der Waals surface area contributed by atoms with Crippen LogP contribution in [0, 0.1) is 0 Å². The van der Waals surface area contributed by atoms with E-state index >= 15 is 0 Å². The average molecular weight is 492 g/mol. The van der Waals surface area contributed by atoms with Crippen LogP contribution in [-0.2, 0) is 15.8 Å². The molecular weight excluding hydrogens is 476 g/mol. The number of sulfone groups is 1. The molecule has 0 radical (unpaired) electrons. The van der Waals surface area contributed by atoms with E-state index in [1.165, 1.54) is 27.2 Å². The highest BCUT2D eigenvalue weighted by Gasteiger charge is 2.30. The van der Waals surface area contributed by atoms with Gasteiger partial charge in [-0.05, 0) is 35.0 Å². The maximum absolute atomic E-state index is 13.5. The minimum absolute atomic E-state index is 0.0304. The Balaban J connectivity index is 1.69. The molecule has 12 heteroatoms. The second-order valence-corrected chi connectivity index (χ2v) is 10.9. The third-order valence-electron chi connectivity index (χ3n) is 5.02. The third-order valence-corrected chi connectivity index (χ3v) is 8.57. The number of alkyl halides is 2. The first-order valence-corrected chi connectivity index (χ1v) is 12.6. The molecule has 0 aliphatic heterocycles. The molecule has 0 aliphatic carbocycles. The highest BCUT2D eigenvalue weighted by Crippen LogP contribution is 2.34. The van der Waals surface area contributed by atoms with Gasteiger partial charge in [-0.3, -0.25) is 0 Å². The molecule has 164 valence electrons. The minimum atomic E-state index is -4.17. The van der Waals surface area contributed by atoms with E-state index in [9.17, 15) is 17.2 Å². The number of hydrogen-bond acceptors (Lipinski definition) is 8. The van der Waals surface area contributed by atoms with Gasteiger partial charge < -0.3 is 5.73 Å². The van der Waals surface area contributed by atoms with Gasteiger partial charge in [0, 0.05) is 17.4 Å². The zero-order valence-electron chi connectivity index (χ0n) is 16.4. The first kappa shape index (κ1) is 21.1. The Bertz CT molecular complexity index is 1540. The number of aromatic nitrogens is 4. The summed E-state index contributed by atoms with van der Waals surface area (Å²) in [4.78, 5) is 5.27. The van der Waals surface area contributed by atoms with Gasteiger partial charge in [0.1, 0.15) is 0 Å². The van der Waals surface area contributed by atoms with Crippen molar-refractivity contribution >= 4 is 48.4 Å². The van der Waals surface area contributed by atoms with E-state index in [-0.39, 0.29) is 21.1 Å². The Morgan fingerprint density at radius 2 is 1.84 bits per heavy atom. The lowest BCUT2D eigenvalue weighted by Gasteiger charge is -2.12. The molecule has 0 spiro atoms. The number of hydrogen-bond donors (Lipinski definition) is 1. The zero-order valence-corrected chi connectivity index (χ0v) is 18.9. The molecule has 0 saturated heterocycles. The largest absolute Gasteiger partial charge is 0.318 e. The Hall–Kier alpha value is -2.80. The molecule has 7 nitrogen and oxygen atoms in total. The van der Waals surface area contributed by atoms with E-state index in [1.54, 1.807) is 6.07 Å². The molecule has 0 bridgehead atoms. The molecule has 32 heavy (non-hydrogen) atoms. The molecule has 0 aliphatic rings. The number of nitrogens with zero attached hydrogens (tertiary/aromatic N) is 4. The van der Waals surface area contributed by atoms with Crippen LogP contribution in [0.4, 0.5) is 8.78 Å². The average Bonchev–Trinajstić information content (AvgIpc) is 3.52. The molecule has 0 amide bonds. The molecular formula is C20H15F2N5O2S3. The Kier molecular flexibility index (Phi) is 4.85. The zero-order chi connectivity index (χ0) is 22.7. The Morgan fingerprint density at radius 3 is 2.50 bits per heavy atom. The number of halogens is 2. The summed E-state index contributed by atoms with van der Waals surface area (Å²) in [6.45, 7) is 0.748. The second kappa shape index (κ2) is 7.37. The SMILES string of the molecule is CC(F)(F)c1ccc(S(=O)(=O)c2nnn3c2nc(C(N)c2cccs2)c2sccc23)cc1. The first-order chi connectivity index (χ1) is 15.2. The smallest absolute Gasteiger partial charge is 0.270 e. The normalized spacial score (nSPS) is 13.8. The molecule has 1 unspecified atom stereocenters. The first-order valence-electron chi connectivity index (χ1n) is 9.33. The van der Waals surface area contributed by atoms with Crippen molar-refractivity contribution in [3.05, 3.63) is 69.4 Å². The van der Waals surface area contributed by atoms with Crippen LogP contribution >= 0.6 is 22.7 Å². The maximum Gasteiger partial charge on any atom is 0.270 e. The molecule has 5 aromatic rings. The summed E-state index contributed by atoms with van der Waals surface area (Å²) < 4.78 is 55.8. The standard InChI is InChI=1S/C20H15F2N5O2S3/c1-20(21,22)11-4-6-12(7-5-11)32(28,29)19-18-24-16(15(23)14-3-2-9-30-14)17-13(8-10-31-17)27(18)26-25-19/h2-10,15H,23H2,1H3. The monoisotopic (exact) mass is 491 g/mol. The lowest BCUT2D eigenvalue weighted by Crippen LogP contribution is -2.14. The molecule has 4 aromatic heterocycles. The van der Waals surface area contributed by atoms with Crippen molar-refractivity contribution in [2.75, 3.05) is 0 Å². The summed E-state index contributed by atoms with van der Waals surface area (Å²) in [6.07, 6.45) is 0. The van der Waals surface area contributed by atoms with Crippen LogP contribution in [0.1, 0.15) is 29.1 Å². The predicted molar refractivity (Wildman–Crippen MR) is 118 cm³/mol. The van der Waals surface area contributed by atoms with Crippen LogP contribution in [0.25, 0.3) is 15.9 Å². The van der Waals surface area contributed by atoms with Crippen molar-refractivity contribution in [2.24, 2.45) is 5.73 Å². The topological polar surface area (TPSA) is 103 Å². The highest BCUT2D eigenvalue weighted by atomic mass is 32.2. The van der Waals surface area contributed by atoms with E-state index in [4.69, 9.17) is 5.73 Å². The van der Waals surface area contributed by atoms with E-state index in [0.717, 1.165) is 40.8 Å². The van der Waals surface area contributed by atoms with Gasteiger partial charge in [-0.1, -0.05) is 23.4 Å². The van der Waals surface area contributed by atoms with E-state index in [2.05, 4.69) is 15.3 Å². The fourth-order valence-electron chi connectivity index (χ4n) is 3.37. The van der Waals surface area contributed by atoms with Crippen molar-refractivity contribution < 1.29 is 17.2 Å². The van der Waals surface area contributed by atoms with Gasteiger partial charge in [-0.25, -0.2) is 22.2 Å². The lowest BCUT2D eigenvalue weighted by molar-refractivity contribution is 0.0174. The fraction of sp³-hybridized carbons (Fsp3) is 0.150. The predicted octanol–water partition coefficient (Wildman–Crippen LogP) is 4.39. The summed E-state index contributed by atoms with van der Waals surface area (Å²) >= 11 is 2.90. The maximum atomic E-state index is 13.5. The van der Waals surface area contributed by atoms with Gasteiger partial charge in [-0.15, -0.1) is 27.8 Å². The summed E-state index contributed by atoms with van der Waals surface area (Å²) in [5.74, 6) is -3.08. The lowest BCUT2D eigenvalue weighted by atomic mass is 10.1. The van der Waals surface area contributed by atoms with Gasteiger partial charge in [-0.2, -0.15) is 4.52 Å². The van der Waals surface area contributed by atoms with Crippen molar-refractivity contribution in [3.63, 3.8) is 0 Å². The summed E-state index contributed by atoms with van der Waals surface area (Å²) in [5, 5.41) is 11.3. The Labute approximate surface area is 189 Å². The number of benzene rings is 1. The summed E-state index contributed by atoms with van der Waals surface area (Å²) in [5.41, 5.74) is 7.36. The number of rotatable bonds is 5. The van der Waals surface area contributed by atoms with Gasteiger partial charge in [0.2, 0.25) is 14.9 Å². The second-order valence-electron chi connectivity index (χ2n) is 7.17. The number of thiophene rings is 2. The van der Waals surface area contributed by atoms with Crippen LogP contribution in [0.15, 0.2) is 63.1 Å². The van der Waals surface area contributed by atoms with Crippen molar-refractivity contribution in [3.8, 4) is 0 Å². The minimum Gasteiger partial charge on any atom is -0.318 e. The molecule has 1 atom stereocenters. The van der Waals surface area contributed by atoms with Crippen LogP contribution in [0.2, 0.25) is 0 Å². The van der Waals surface area contributed by atoms with E-state index in [0.29, 0.717) is 11.2 Å². The van der Waals surface area contributed by atoms with Crippen LogP contribution in [-0.4, -0.2) is 28.2 Å². The van der Waals surface area contributed by atoms with E-state index < -0.39 is 21.8 Å². The number of nitrogens with two attached hydrogens (primary N) is 1. The summed E-state index contributed by atoms with van der Waals surface area (Å²) in [7, 11) is -4.17. The van der Waals surface area contributed by atoms with Crippen LogP contribution in [0.3, 0.4) is 0 Å². The molecule has 0 saturated carbocycles. The van der Waals surface area contributed by atoms with Crippen LogP contribution in [0.5, 0.6) is 0 Å². The molecule has 0 fully saturated rings. The molecule has 5 rings (SSSR count). The van der Waals surface area contributed by atoms with Gasteiger partial charge >= 0.3 is 0 Å². The van der Waals surface area contributed by atoms with Crippen molar-refractivity contribution in [1.82, 2.24) is 19.8 Å².